The van der Waals surface area contributed by atoms with Gasteiger partial charge < -0.3 is 10.1 Å². The lowest BCUT2D eigenvalue weighted by Crippen LogP contribution is -2.40. The van der Waals surface area contributed by atoms with Crippen LogP contribution in [0.5, 0.6) is 0 Å². The molecule has 1 aromatic heterocycles. The summed E-state index contributed by atoms with van der Waals surface area (Å²) < 4.78 is 18.7. The van der Waals surface area contributed by atoms with Gasteiger partial charge in [-0.05, 0) is 49.2 Å². The highest BCUT2D eigenvalue weighted by molar-refractivity contribution is 6.07. The lowest BCUT2D eigenvalue weighted by Gasteiger charge is -2.23. The number of pyridine rings is 1. The number of para-hydroxylation sites is 1. The molecule has 0 aliphatic carbocycles. The van der Waals surface area contributed by atoms with E-state index >= 15 is 0 Å². The second-order valence-electron chi connectivity index (χ2n) is 6.47. The van der Waals surface area contributed by atoms with Crippen molar-refractivity contribution in [2.24, 2.45) is 0 Å². The minimum Gasteiger partial charge on any atom is -0.379 e. The molecule has 1 unspecified atom stereocenters. The van der Waals surface area contributed by atoms with E-state index in [9.17, 15) is 9.18 Å². The molecule has 4 rings (SSSR count). The molecule has 1 saturated heterocycles. The molecule has 4 nitrogen and oxygen atoms in total. The van der Waals surface area contributed by atoms with E-state index in [0.29, 0.717) is 17.9 Å². The molecule has 1 fully saturated rings. The average molecular weight is 350 g/mol. The van der Waals surface area contributed by atoms with Crippen LogP contribution in [0.25, 0.3) is 22.2 Å². The number of ether oxygens (including phenoxy) is 1. The van der Waals surface area contributed by atoms with Gasteiger partial charge in [0.25, 0.3) is 5.91 Å². The summed E-state index contributed by atoms with van der Waals surface area (Å²) in [6, 6.07) is 15.5. The molecule has 1 amide bonds. The first kappa shape index (κ1) is 16.7. The molecule has 2 heterocycles. The largest absolute Gasteiger partial charge is 0.379 e. The molecular weight excluding hydrogens is 331 g/mol. The Morgan fingerprint density at radius 3 is 2.73 bits per heavy atom. The monoisotopic (exact) mass is 350 g/mol. The van der Waals surface area contributed by atoms with Gasteiger partial charge in [-0.25, -0.2) is 9.37 Å². The number of aromatic nitrogens is 1. The third-order valence-corrected chi connectivity index (χ3v) is 4.60. The number of benzene rings is 2. The van der Waals surface area contributed by atoms with E-state index in [-0.39, 0.29) is 17.8 Å². The van der Waals surface area contributed by atoms with Gasteiger partial charge in [0, 0.05) is 17.6 Å². The number of halogens is 1. The van der Waals surface area contributed by atoms with Gasteiger partial charge in [-0.2, -0.15) is 0 Å². The van der Waals surface area contributed by atoms with Crippen LogP contribution in [-0.2, 0) is 4.74 Å². The maximum absolute atomic E-state index is 13.2. The van der Waals surface area contributed by atoms with Crippen LogP contribution >= 0.6 is 0 Å². The molecule has 1 atom stereocenters. The third-order valence-electron chi connectivity index (χ3n) is 4.60. The van der Waals surface area contributed by atoms with E-state index in [1.165, 1.54) is 12.1 Å². The lowest BCUT2D eigenvalue weighted by atomic mass is 10.0. The van der Waals surface area contributed by atoms with Crippen molar-refractivity contribution < 1.29 is 13.9 Å². The van der Waals surface area contributed by atoms with Gasteiger partial charge in [-0.3, -0.25) is 4.79 Å². The van der Waals surface area contributed by atoms with Gasteiger partial charge in [0.15, 0.2) is 0 Å². The van der Waals surface area contributed by atoms with Crippen molar-refractivity contribution in [3.63, 3.8) is 0 Å². The Kier molecular flexibility index (Phi) is 4.63. The van der Waals surface area contributed by atoms with E-state index < -0.39 is 0 Å². The molecule has 1 N–H and O–H groups in total. The highest BCUT2D eigenvalue weighted by Gasteiger charge is 2.19. The maximum atomic E-state index is 13.2. The first-order valence-electron chi connectivity index (χ1n) is 8.75. The van der Waals surface area contributed by atoms with Crippen molar-refractivity contribution in [1.29, 1.82) is 0 Å². The van der Waals surface area contributed by atoms with Gasteiger partial charge in [-0.1, -0.05) is 18.2 Å². The van der Waals surface area contributed by atoms with Crippen LogP contribution in [0.1, 0.15) is 23.2 Å². The molecule has 0 radical (unpaired) electrons. The molecular formula is C21H19FN2O2. The summed E-state index contributed by atoms with van der Waals surface area (Å²) in [6.07, 6.45) is 1.86. The highest BCUT2D eigenvalue weighted by Crippen LogP contribution is 2.25. The smallest absolute Gasteiger partial charge is 0.252 e. The Labute approximate surface area is 151 Å². The number of nitrogens with zero attached hydrogens (tertiary/aromatic N) is 1. The van der Waals surface area contributed by atoms with Gasteiger partial charge >= 0.3 is 0 Å². The van der Waals surface area contributed by atoms with Crippen LogP contribution in [0.4, 0.5) is 4.39 Å². The molecule has 0 saturated carbocycles. The molecule has 132 valence electrons. The summed E-state index contributed by atoms with van der Waals surface area (Å²) in [7, 11) is 0. The minimum atomic E-state index is -0.301. The summed E-state index contributed by atoms with van der Waals surface area (Å²) in [5, 5.41) is 3.86. The predicted octanol–water partition coefficient (Wildman–Crippen LogP) is 3.95. The lowest BCUT2D eigenvalue weighted by molar-refractivity contribution is 0.0625. The van der Waals surface area contributed by atoms with Crippen molar-refractivity contribution >= 4 is 16.8 Å². The minimum absolute atomic E-state index is 0.0254. The Morgan fingerprint density at radius 1 is 1.15 bits per heavy atom. The number of hydrogen-bond acceptors (Lipinski definition) is 3. The number of nitrogens with one attached hydrogen (secondary N) is 1. The molecule has 0 spiro atoms. The standard InChI is InChI=1S/C21H19FN2O2/c22-15-9-7-14(8-10-15)20-12-18(17-5-1-2-6-19(17)24-20)21(25)23-16-4-3-11-26-13-16/h1-2,5-10,12,16H,3-4,11,13H2,(H,23,25). The molecule has 1 aliphatic rings. The maximum Gasteiger partial charge on any atom is 0.252 e. The van der Waals surface area contributed by atoms with E-state index in [1.807, 2.05) is 24.3 Å². The summed E-state index contributed by atoms with van der Waals surface area (Å²) >= 11 is 0. The Balaban J connectivity index is 1.74. The molecule has 5 heteroatoms. The number of carbonyl (C=O) groups is 1. The Hall–Kier alpha value is -2.79. The van der Waals surface area contributed by atoms with Gasteiger partial charge in [0.05, 0.1) is 29.4 Å². The fraction of sp³-hybridized carbons (Fsp3) is 0.238. The number of carbonyl (C=O) groups excluding carboxylic acids is 1. The molecule has 2 aromatic carbocycles. The van der Waals surface area contributed by atoms with Crippen LogP contribution in [0.15, 0.2) is 54.6 Å². The van der Waals surface area contributed by atoms with Gasteiger partial charge in [-0.15, -0.1) is 0 Å². The zero-order valence-electron chi connectivity index (χ0n) is 14.2. The van der Waals surface area contributed by atoms with Crippen LogP contribution in [0.3, 0.4) is 0 Å². The predicted molar refractivity (Wildman–Crippen MR) is 98.4 cm³/mol. The van der Waals surface area contributed by atoms with E-state index in [1.54, 1.807) is 18.2 Å². The SMILES string of the molecule is O=C(NC1CCCOC1)c1cc(-c2ccc(F)cc2)nc2ccccc12. The molecule has 3 aromatic rings. The first-order chi connectivity index (χ1) is 12.7. The van der Waals surface area contributed by atoms with E-state index in [4.69, 9.17) is 4.74 Å². The third kappa shape index (κ3) is 3.44. The van der Waals surface area contributed by atoms with E-state index in [2.05, 4.69) is 10.3 Å². The second-order valence-corrected chi connectivity index (χ2v) is 6.47. The zero-order chi connectivity index (χ0) is 17.9. The van der Waals surface area contributed by atoms with Crippen molar-refractivity contribution in [2.45, 2.75) is 18.9 Å². The van der Waals surface area contributed by atoms with Gasteiger partial charge in [0.1, 0.15) is 5.82 Å². The average Bonchev–Trinajstić information content (AvgIpc) is 2.68. The fourth-order valence-electron chi connectivity index (χ4n) is 3.25. The van der Waals surface area contributed by atoms with Crippen LogP contribution < -0.4 is 5.32 Å². The normalized spacial score (nSPS) is 17.2. The summed E-state index contributed by atoms with van der Waals surface area (Å²) in [5.74, 6) is -0.438. The van der Waals surface area contributed by atoms with Crippen molar-refractivity contribution in [3.05, 3.63) is 66.0 Å². The van der Waals surface area contributed by atoms with Crippen molar-refractivity contribution in [2.75, 3.05) is 13.2 Å². The topological polar surface area (TPSA) is 51.2 Å². The van der Waals surface area contributed by atoms with Crippen LogP contribution in [-0.4, -0.2) is 30.1 Å². The number of rotatable bonds is 3. The zero-order valence-corrected chi connectivity index (χ0v) is 14.2. The first-order valence-corrected chi connectivity index (χ1v) is 8.75. The second kappa shape index (κ2) is 7.22. The Bertz CT molecular complexity index is 934. The molecule has 26 heavy (non-hydrogen) atoms. The van der Waals surface area contributed by atoms with Crippen LogP contribution in [0, 0.1) is 5.82 Å². The number of fused-ring (bicyclic) bond motifs is 1. The summed E-state index contributed by atoms with van der Waals surface area (Å²) in [6.45, 7) is 1.29. The van der Waals surface area contributed by atoms with Crippen molar-refractivity contribution in [1.82, 2.24) is 10.3 Å². The molecule has 0 bridgehead atoms. The summed E-state index contributed by atoms with van der Waals surface area (Å²) in [4.78, 5) is 17.5. The number of amides is 1. The van der Waals surface area contributed by atoms with E-state index in [0.717, 1.165) is 35.9 Å². The fourth-order valence-corrected chi connectivity index (χ4v) is 3.25. The highest BCUT2D eigenvalue weighted by atomic mass is 19.1. The van der Waals surface area contributed by atoms with Crippen molar-refractivity contribution in [3.8, 4) is 11.3 Å². The number of hydrogen-bond donors (Lipinski definition) is 1. The Morgan fingerprint density at radius 2 is 1.96 bits per heavy atom. The summed E-state index contributed by atoms with van der Waals surface area (Å²) in [5.41, 5.74) is 2.72. The van der Waals surface area contributed by atoms with Crippen LogP contribution in [0.2, 0.25) is 0 Å². The van der Waals surface area contributed by atoms with Gasteiger partial charge in [0.2, 0.25) is 0 Å². The molecule has 1 aliphatic heterocycles. The quantitative estimate of drug-likeness (QED) is 0.778.